The van der Waals surface area contributed by atoms with Gasteiger partial charge in [0, 0.05) is 11.7 Å². The first-order valence-corrected chi connectivity index (χ1v) is 11.1. The van der Waals surface area contributed by atoms with Gasteiger partial charge in [0.1, 0.15) is 6.54 Å². The number of rotatable bonds is 6. The molecule has 0 radical (unpaired) electrons. The second kappa shape index (κ2) is 9.50. The summed E-state index contributed by atoms with van der Waals surface area (Å²) >= 11 is 0. The molecule has 30 heavy (non-hydrogen) atoms. The molecule has 1 fully saturated rings. The predicted molar refractivity (Wildman–Crippen MR) is 119 cm³/mol. The number of aromatic nitrogens is 1. The third-order valence-corrected chi connectivity index (χ3v) is 6.65. The average molecular weight is 411 g/mol. The second-order valence-corrected chi connectivity index (χ2v) is 8.55. The number of nitrogens with zero attached hydrogens (tertiary/aromatic N) is 1. The van der Waals surface area contributed by atoms with Crippen LogP contribution < -0.4 is 5.32 Å². The third kappa shape index (κ3) is 4.45. The van der Waals surface area contributed by atoms with Crippen LogP contribution in [0.15, 0.2) is 30.3 Å². The highest BCUT2D eigenvalue weighted by molar-refractivity contribution is 5.95. The highest BCUT2D eigenvalue weighted by Gasteiger charge is 2.29. The maximum absolute atomic E-state index is 13.0. The molecule has 1 N–H and O–H groups in total. The molecule has 3 atom stereocenters. The van der Waals surface area contributed by atoms with E-state index >= 15 is 0 Å². The van der Waals surface area contributed by atoms with Crippen molar-refractivity contribution in [3.63, 3.8) is 0 Å². The number of hydrogen-bond acceptors (Lipinski definition) is 3. The zero-order chi connectivity index (χ0) is 21.8. The van der Waals surface area contributed by atoms with Crippen LogP contribution in [0, 0.1) is 25.7 Å². The summed E-state index contributed by atoms with van der Waals surface area (Å²) < 4.78 is 7.25. The molecular weight excluding hydrogens is 376 g/mol. The molecule has 1 aliphatic carbocycles. The van der Waals surface area contributed by atoms with Crippen LogP contribution in [0.4, 0.5) is 0 Å². The molecule has 1 aromatic heterocycles. The summed E-state index contributed by atoms with van der Waals surface area (Å²) in [6, 6.07) is 10.1. The van der Waals surface area contributed by atoms with Crippen LogP contribution in [0.3, 0.4) is 0 Å². The van der Waals surface area contributed by atoms with E-state index in [1.807, 2.05) is 48.7 Å². The van der Waals surface area contributed by atoms with Crippen molar-refractivity contribution in [3.05, 3.63) is 47.2 Å². The highest BCUT2D eigenvalue weighted by Crippen LogP contribution is 2.32. The third-order valence-electron chi connectivity index (χ3n) is 6.65. The van der Waals surface area contributed by atoms with Gasteiger partial charge in [0.15, 0.2) is 0 Å². The molecule has 1 heterocycles. The molecular formula is C25H34N2O3. The smallest absolute Gasteiger partial charge is 0.340 e. The van der Waals surface area contributed by atoms with Gasteiger partial charge >= 0.3 is 5.97 Å². The Morgan fingerprint density at radius 3 is 2.50 bits per heavy atom. The van der Waals surface area contributed by atoms with Gasteiger partial charge in [-0.3, -0.25) is 4.79 Å². The summed E-state index contributed by atoms with van der Waals surface area (Å²) in [5, 5.41) is 3.26. The maximum Gasteiger partial charge on any atom is 0.340 e. The van der Waals surface area contributed by atoms with E-state index < -0.39 is 0 Å². The summed E-state index contributed by atoms with van der Waals surface area (Å²) in [5.74, 6) is 0.749. The van der Waals surface area contributed by atoms with Crippen molar-refractivity contribution < 1.29 is 14.3 Å². The number of carbonyl (C=O) groups excluding carboxylic acids is 2. The van der Waals surface area contributed by atoms with Crippen molar-refractivity contribution in [2.75, 3.05) is 6.61 Å². The van der Waals surface area contributed by atoms with Gasteiger partial charge in [-0.15, -0.1) is 0 Å². The van der Waals surface area contributed by atoms with Crippen LogP contribution >= 0.6 is 0 Å². The molecule has 1 aromatic carbocycles. The Kier molecular flexibility index (Phi) is 7.01. The summed E-state index contributed by atoms with van der Waals surface area (Å²) in [6.07, 6.45) is 3.41. The fourth-order valence-electron chi connectivity index (χ4n) is 4.75. The molecule has 1 amide bonds. The van der Waals surface area contributed by atoms with Crippen LogP contribution in [0.2, 0.25) is 0 Å². The maximum atomic E-state index is 13.0. The fourth-order valence-corrected chi connectivity index (χ4v) is 4.75. The first kappa shape index (κ1) is 22.1. The van der Waals surface area contributed by atoms with Gasteiger partial charge in [0.25, 0.3) is 0 Å². The fraction of sp³-hybridized carbons (Fsp3) is 0.520. The molecule has 5 nitrogen and oxygen atoms in total. The number of amides is 1. The minimum absolute atomic E-state index is 0.00774. The lowest BCUT2D eigenvalue weighted by Gasteiger charge is -2.34. The zero-order valence-corrected chi connectivity index (χ0v) is 18.8. The quantitative estimate of drug-likeness (QED) is 0.690. The van der Waals surface area contributed by atoms with E-state index in [4.69, 9.17) is 4.74 Å². The minimum atomic E-state index is -0.335. The van der Waals surface area contributed by atoms with E-state index in [-0.39, 0.29) is 24.5 Å². The minimum Gasteiger partial charge on any atom is -0.462 e. The van der Waals surface area contributed by atoms with Crippen LogP contribution in [-0.4, -0.2) is 29.1 Å². The zero-order valence-electron chi connectivity index (χ0n) is 18.8. The molecule has 2 aromatic rings. The highest BCUT2D eigenvalue weighted by atomic mass is 16.5. The standard InChI is InChI=1S/C25H34N2O3/c1-6-30-25(29)23-18(4)24(20-12-8-7-9-13-20)27(19(23)5)15-22(28)26-21-14-10-11-16(2)17(21)3/h7-9,12-13,16-17,21H,6,10-11,14-15H2,1-5H3,(H,26,28)/t16-,17+,21+/m0/s1. The largest absolute Gasteiger partial charge is 0.462 e. The Balaban J connectivity index is 1.93. The van der Waals surface area contributed by atoms with Crippen LogP contribution in [0.25, 0.3) is 11.3 Å². The molecule has 0 spiro atoms. The molecule has 162 valence electrons. The Bertz CT molecular complexity index is 901. The number of benzene rings is 1. The van der Waals surface area contributed by atoms with Crippen molar-refractivity contribution in [2.45, 2.75) is 66.5 Å². The van der Waals surface area contributed by atoms with E-state index in [0.717, 1.165) is 35.4 Å². The molecule has 0 bridgehead atoms. The topological polar surface area (TPSA) is 60.3 Å². The van der Waals surface area contributed by atoms with Gasteiger partial charge in [-0.25, -0.2) is 4.79 Å². The lowest BCUT2D eigenvalue weighted by atomic mass is 9.78. The number of carbonyl (C=O) groups is 2. The van der Waals surface area contributed by atoms with Gasteiger partial charge in [0.2, 0.25) is 5.91 Å². The van der Waals surface area contributed by atoms with Crippen LogP contribution in [-0.2, 0) is 16.1 Å². The summed E-state index contributed by atoms with van der Waals surface area (Å²) in [4.78, 5) is 25.7. The lowest BCUT2D eigenvalue weighted by molar-refractivity contribution is -0.123. The Morgan fingerprint density at radius 2 is 1.83 bits per heavy atom. The molecule has 5 heteroatoms. The van der Waals surface area contributed by atoms with Crippen molar-refractivity contribution >= 4 is 11.9 Å². The Labute approximate surface area is 179 Å². The number of ether oxygens (including phenoxy) is 1. The van der Waals surface area contributed by atoms with Crippen molar-refractivity contribution in [1.29, 1.82) is 0 Å². The average Bonchev–Trinajstić information content (AvgIpc) is 2.96. The van der Waals surface area contributed by atoms with E-state index in [1.54, 1.807) is 6.92 Å². The first-order valence-electron chi connectivity index (χ1n) is 11.1. The predicted octanol–water partition coefficient (Wildman–Crippen LogP) is 4.89. The number of hydrogen-bond donors (Lipinski definition) is 1. The van der Waals surface area contributed by atoms with E-state index in [0.29, 0.717) is 24.0 Å². The SMILES string of the molecule is CCOC(=O)c1c(C)c(-c2ccccc2)n(CC(=O)N[C@@H]2CCC[C@H](C)[C@H]2C)c1C. The molecule has 3 rings (SSSR count). The van der Waals surface area contributed by atoms with Crippen LogP contribution in [0.1, 0.15) is 61.6 Å². The second-order valence-electron chi connectivity index (χ2n) is 8.55. The normalized spacial score (nSPS) is 21.3. The van der Waals surface area contributed by atoms with Crippen molar-refractivity contribution in [2.24, 2.45) is 11.8 Å². The molecule has 0 saturated heterocycles. The molecule has 0 aliphatic heterocycles. The Morgan fingerprint density at radius 1 is 1.13 bits per heavy atom. The van der Waals surface area contributed by atoms with E-state index in [2.05, 4.69) is 19.2 Å². The number of nitrogens with one attached hydrogen (secondary N) is 1. The van der Waals surface area contributed by atoms with Gasteiger partial charge in [-0.1, -0.05) is 57.0 Å². The Hall–Kier alpha value is -2.56. The van der Waals surface area contributed by atoms with Crippen LogP contribution in [0.5, 0.6) is 0 Å². The summed E-state index contributed by atoms with van der Waals surface area (Å²) in [6.45, 7) is 10.6. The van der Waals surface area contributed by atoms with E-state index in [1.165, 1.54) is 6.42 Å². The van der Waals surface area contributed by atoms with Gasteiger partial charge in [-0.05, 0) is 50.2 Å². The van der Waals surface area contributed by atoms with E-state index in [9.17, 15) is 9.59 Å². The monoisotopic (exact) mass is 410 g/mol. The van der Waals surface area contributed by atoms with Gasteiger partial charge in [0.05, 0.1) is 17.9 Å². The lowest BCUT2D eigenvalue weighted by Crippen LogP contribution is -2.44. The molecule has 0 unspecified atom stereocenters. The first-order chi connectivity index (χ1) is 14.3. The summed E-state index contributed by atoms with van der Waals surface area (Å²) in [5.41, 5.74) is 4.07. The van der Waals surface area contributed by atoms with Crippen molar-refractivity contribution in [3.8, 4) is 11.3 Å². The van der Waals surface area contributed by atoms with Gasteiger partial charge < -0.3 is 14.6 Å². The van der Waals surface area contributed by atoms with Gasteiger partial charge in [-0.2, -0.15) is 0 Å². The molecule has 1 saturated carbocycles. The summed E-state index contributed by atoms with van der Waals surface area (Å²) in [7, 11) is 0. The number of esters is 1. The molecule has 1 aliphatic rings. The van der Waals surface area contributed by atoms with Crippen molar-refractivity contribution in [1.82, 2.24) is 9.88 Å².